The number of para-hydroxylation sites is 2. The predicted molar refractivity (Wildman–Crippen MR) is 75.2 cm³/mol. The van der Waals surface area contributed by atoms with E-state index in [4.69, 9.17) is 26.4 Å². The van der Waals surface area contributed by atoms with Gasteiger partial charge in [-0.25, -0.2) is 4.79 Å². The van der Waals surface area contributed by atoms with Gasteiger partial charge in [-0.05, 0) is 32.9 Å². The SMILES string of the molecule is CC(C)OC(=O)C(C)(N)[PH](=O)Cl.c1ccc2c(c1)O2. The van der Waals surface area contributed by atoms with Gasteiger partial charge in [0.2, 0.25) is 0 Å². The van der Waals surface area contributed by atoms with Gasteiger partial charge in [-0.15, -0.1) is 0 Å². The fourth-order valence-corrected chi connectivity index (χ4v) is 1.48. The zero-order valence-electron chi connectivity index (χ0n) is 11.0. The van der Waals surface area contributed by atoms with E-state index < -0.39 is 18.4 Å². The Morgan fingerprint density at radius 2 is 1.89 bits per heavy atom. The van der Waals surface area contributed by atoms with E-state index in [1.165, 1.54) is 6.92 Å². The molecule has 0 aromatic heterocycles. The van der Waals surface area contributed by atoms with Gasteiger partial charge in [0.25, 0.3) is 0 Å². The number of hydrogen-bond donors (Lipinski definition) is 1. The van der Waals surface area contributed by atoms with E-state index in [0.29, 0.717) is 0 Å². The Kier molecular flexibility index (Phi) is 5.41. The van der Waals surface area contributed by atoms with Crippen LogP contribution in [-0.2, 0) is 14.1 Å². The van der Waals surface area contributed by atoms with Gasteiger partial charge in [-0.3, -0.25) is 0 Å². The van der Waals surface area contributed by atoms with Crippen LogP contribution in [0.4, 0.5) is 0 Å². The number of rotatable bonds is 3. The molecule has 2 rings (SSSR count). The summed E-state index contributed by atoms with van der Waals surface area (Å²) >= 11 is 5.27. The number of fused-ring (bicyclic) bond motifs is 1. The molecule has 5 nitrogen and oxygen atoms in total. The van der Waals surface area contributed by atoms with Crippen molar-refractivity contribution in [2.24, 2.45) is 5.73 Å². The van der Waals surface area contributed by atoms with Crippen molar-refractivity contribution in [3.05, 3.63) is 24.3 Å². The third kappa shape index (κ3) is 4.86. The molecule has 0 spiro atoms. The minimum Gasteiger partial charge on any atom is -0.461 e. The largest absolute Gasteiger partial charge is 0.461 e. The lowest BCUT2D eigenvalue weighted by Gasteiger charge is -2.20. The molecule has 2 unspecified atom stereocenters. The molecular weight excluding hydrogens is 289 g/mol. The summed E-state index contributed by atoms with van der Waals surface area (Å²) in [7, 11) is -2.63. The van der Waals surface area contributed by atoms with Crippen molar-refractivity contribution >= 4 is 24.4 Å². The highest BCUT2D eigenvalue weighted by Crippen LogP contribution is 2.43. The third-order valence-corrected chi connectivity index (χ3v) is 4.40. The second-order valence-corrected chi connectivity index (χ2v) is 7.09. The highest BCUT2D eigenvalue weighted by molar-refractivity contribution is 7.75. The molecule has 0 fully saturated rings. The topological polar surface area (TPSA) is 81.9 Å². The van der Waals surface area contributed by atoms with Gasteiger partial charge >= 0.3 is 5.97 Å². The number of halogens is 1. The molecule has 0 saturated carbocycles. The summed E-state index contributed by atoms with van der Waals surface area (Å²) in [6.45, 7) is 4.66. The first-order valence-corrected chi connectivity index (χ1v) is 8.14. The Morgan fingerprint density at radius 3 is 2.21 bits per heavy atom. The van der Waals surface area contributed by atoms with E-state index >= 15 is 0 Å². The van der Waals surface area contributed by atoms with Crippen molar-refractivity contribution in [1.82, 2.24) is 0 Å². The molecule has 7 heteroatoms. The maximum absolute atomic E-state index is 11.1. The van der Waals surface area contributed by atoms with Crippen molar-refractivity contribution in [2.75, 3.05) is 0 Å². The number of ether oxygens (including phenoxy) is 2. The minimum absolute atomic E-state index is 0.279. The minimum atomic E-state index is -2.63. The van der Waals surface area contributed by atoms with E-state index in [9.17, 15) is 9.36 Å². The lowest BCUT2D eigenvalue weighted by molar-refractivity contribution is -0.149. The van der Waals surface area contributed by atoms with E-state index in [0.717, 1.165) is 11.5 Å². The van der Waals surface area contributed by atoms with E-state index in [-0.39, 0.29) is 6.10 Å². The first kappa shape index (κ1) is 16.0. The molecule has 2 atom stereocenters. The standard InChI is InChI=1S/C6H13ClNO3P.C6H4O/c1-4(2)11-5(9)6(3,8)12(7)10;1-2-4-6-5(3-1)7-6/h4,12H,8H2,1-3H3;1-4H. The monoisotopic (exact) mass is 305 g/mol. The fraction of sp³-hybridized carbons (Fsp3) is 0.417. The maximum atomic E-state index is 11.1. The quantitative estimate of drug-likeness (QED) is 0.535. The third-order valence-electron chi connectivity index (χ3n) is 2.20. The Hall–Kier alpha value is -1.03. The number of esters is 1. The maximum Gasteiger partial charge on any atom is 0.334 e. The lowest BCUT2D eigenvalue weighted by atomic mass is 10.3. The van der Waals surface area contributed by atoms with E-state index in [1.807, 2.05) is 24.3 Å². The Balaban J connectivity index is 0.000000213. The lowest BCUT2D eigenvalue weighted by Crippen LogP contribution is -2.42. The Morgan fingerprint density at radius 1 is 1.42 bits per heavy atom. The second-order valence-electron chi connectivity index (χ2n) is 4.48. The van der Waals surface area contributed by atoms with E-state index in [2.05, 4.69) is 0 Å². The number of carbonyl (C=O) groups excluding carboxylic acids is 1. The molecule has 2 N–H and O–H groups in total. The van der Waals surface area contributed by atoms with Gasteiger partial charge in [0, 0.05) is 0 Å². The van der Waals surface area contributed by atoms with Crippen LogP contribution in [0.5, 0.6) is 11.5 Å². The molecule has 1 aliphatic rings. The predicted octanol–water partition coefficient (Wildman–Crippen LogP) is 3.12. The van der Waals surface area contributed by atoms with Gasteiger partial charge in [-0.1, -0.05) is 23.4 Å². The Bertz CT molecular complexity index is 469. The number of nitrogens with two attached hydrogens (primary N) is 1. The molecule has 0 radical (unpaired) electrons. The average Bonchev–Trinajstić information content (AvgIpc) is 3.07. The molecular formula is C12H17ClNO4P. The highest BCUT2D eigenvalue weighted by atomic mass is 35.7. The summed E-state index contributed by atoms with van der Waals surface area (Å²) in [5.74, 6) is 1.33. The first-order chi connectivity index (χ1) is 8.75. The molecule has 1 aliphatic heterocycles. The summed E-state index contributed by atoms with van der Waals surface area (Å²) in [4.78, 5) is 11.1. The second kappa shape index (κ2) is 6.42. The molecule has 0 bridgehead atoms. The van der Waals surface area contributed by atoms with Gasteiger partial charge in [0.05, 0.1) is 6.10 Å². The normalized spacial score (nSPS) is 16.1. The molecule has 0 aliphatic carbocycles. The zero-order valence-corrected chi connectivity index (χ0v) is 12.7. The molecule has 1 heterocycles. The number of hydrogen-bond acceptors (Lipinski definition) is 5. The van der Waals surface area contributed by atoms with Crippen LogP contribution in [0, 0.1) is 0 Å². The number of carbonyl (C=O) groups is 1. The summed E-state index contributed by atoms with van der Waals surface area (Å²) < 4.78 is 20.5. The summed E-state index contributed by atoms with van der Waals surface area (Å²) in [6, 6.07) is 7.84. The number of benzene rings is 1. The van der Waals surface area contributed by atoms with E-state index in [1.54, 1.807) is 13.8 Å². The molecule has 1 aromatic rings. The van der Waals surface area contributed by atoms with Crippen LogP contribution >= 0.6 is 18.4 Å². The van der Waals surface area contributed by atoms with Crippen LogP contribution in [0.3, 0.4) is 0 Å². The average molecular weight is 306 g/mol. The van der Waals surface area contributed by atoms with Crippen LogP contribution in [0.2, 0.25) is 0 Å². The van der Waals surface area contributed by atoms with Crippen LogP contribution in [0.1, 0.15) is 20.8 Å². The molecule has 0 saturated heterocycles. The van der Waals surface area contributed by atoms with Crippen LogP contribution in [0.15, 0.2) is 24.3 Å². The highest BCUT2D eigenvalue weighted by Gasteiger charge is 2.36. The van der Waals surface area contributed by atoms with Crippen molar-refractivity contribution in [2.45, 2.75) is 32.2 Å². The molecule has 0 amide bonds. The molecule has 1 aromatic carbocycles. The van der Waals surface area contributed by atoms with Gasteiger partial charge in [0.1, 0.15) is 0 Å². The van der Waals surface area contributed by atoms with Crippen molar-refractivity contribution in [3.8, 4) is 11.5 Å². The van der Waals surface area contributed by atoms with Crippen molar-refractivity contribution in [1.29, 1.82) is 0 Å². The van der Waals surface area contributed by atoms with Gasteiger partial charge < -0.3 is 19.8 Å². The smallest absolute Gasteiger partial charge is 0.334 e. The van der Waals surface area contributed by atoms with Crippen molar-refractivity contribution in [3.63, 3.8) is 0 Å². The zero-order chi connectivity index (χ0) is 14.6. The summed E-state index contributed by atoms with van der Waals surface area (Å²) in [5, 5.41) is -1.56. The van der Waals surface area contributed by atoms with Gasteiger partial charge in [0.15, 0.2) is 23.9 Å². The first-order valence-electron chi connectivity index (χ1n) is 5.72. The van der Waals surface area contributed by atoms with Crippen molar-refractivity contribution < 1.29 is 18.8 Å². The van der Waals surface area contributed by atoms with Crippen LogP contribution < -0.4 is 10.5 Å². The molecule has 19 heavy (non-hydrogen) atoms. The van der Waals surface area contributed by atoms with Gasteiger partial charge in [-0.2, -0.15) is 0 Å². The summed E-state index contributed by atoms with van der Waals surface area (Å²) in [5.41, 5.74) is 5.38. The molecule has 106 valence electrons. The van der Waals surface area contributed by atoms with Crippen LogP contribution in [-0.4, -0.2) is 17.4 Å². The van der Waals surface area contributed by atoms with Crippen LogP contribution in [0.25, 0.3) is 0 Å². The Labute approximate surface area is 117 Å². The fourth-order valence-electron chi connectivity index (χ4n) is 1.03. The summed E-state index contributed by atoms with van der Waals surface area (Å²) in [6.07, 6.45) is -0.279.